The number of hydrogen-bond acceptors (Lipinski definition) is 3. The number of rotatable bonds is 6. The van der Waals surface area contributed by atoms with Crippen LogP contribution < -0.4 is 5.32 Å². The molecule has 0 amide bonds. The maximum absolute atomic E-state index is 4.52. The minimum absolute atomic E-state index is 0.660. The fraction of sp³-hybridized carbons (Fsp3) is 0.368. The molecule has 5 heteroatoms. The van der Waals surface area contributed by atoms with E-state index in [1.54, 1.807) is 0 Å². The average Bonchev–Trinajstić information content (AvgIpc) is 3.15. The molecule has 0 saturated carbocycles. The summed E-state index contributed by atoms with van der Waals surface area (Å²) >= 11 is 0. The highest BCUT2D eigenvalue weighted by Gasteiger charge is 2.19. The summed E-state index contributed by atoms with van der Waals surface area (Å²) in [7, 11) is 0. The van der Waals surface area contributed by atoms with Gasteiger partial charge < -0.3 is 10.3 Å². The highest BCUT2D eigenvalue weighted by Crippen LogP contribution is 2.24. The Balaban J connectivity index is 1.56. The fourth-order valence-corrected chi connectivity index (χ4v) is 3.23. The van der Waals surface area contributed by atoms with Gasteiger partial charge in [-0.15, -0.1) is 0 Å². The number of imidazole rings is 1. The second kappa shape index (κ2) is 6.61. The minimum atomic E-state index is 0.660. The van der Waals surface area contributed by atoms with E-state index >= 15 is 0 Å². The van der Waals surface area contributed by atoms with Crippen LogP contribution in [0, 0.1) is 0 Å². The molecule has 3 aromatic rings. The molecule has 124 valence electrons. The highest BCUT2D eigenvalue weighted by molar-refractivity contribution is 5.58. The van der Waals surface area contributed by atoms with Crippen molar-refractivity contribution in [1.29, 1.82) is 0 Å². The first-order valence-electron chi connectivity index (χ1n) is 8.69. The maximum atomic E-state index is 4.52. The number of nitrogens with one attached hydrogen (secondary N) is 3. The van der Waals surface area contributed by atoms with E-state index in [0.29, 0.717) is 5.92 Å². The predicted octanol–water partition coefficient (Wildman–Crippen LogP) is 3.03. The van der Waals surface area contributed by atoms with Crippen LogP contribution in [0.2, 0.25) is 0 Å². The highest BCUT2D eigenvalue weighted by atomic mass is 15.1. The van der Waals surface area contributed by atoms with Crippen LogP contribution in [-0.4, -0.2) is 33.3 Å². The van der Waals surface area contributed by atoms with E-state index < -0.39 is 0 Å². The standard InChI is InChI=1S/C19H23N5/c1-2-4-16-11-21-19(23-16)17-12-22-24-18(17)8-13-5-3-6-14(7-13)15-9-20-10-15/h3,5-7,11-12,15,20H,2,4,8-10H2,1H3,(H,21,23)(H,22,24). The third-order valence-corrected chi connectivity index (χ3v) is 4.71. The molecule has 24 heavy (non-hydrogen) atoms. The molecule has 1 saturated heterocycles. The van der Waals surface area contributed by atoms with Crippen molar-refractivity contribution in [3.8, 4) is 11.4 Å². The van der Waals surface area contributed by atoms with Crippen LogP contribution >= 0.6 is 0 Å². The summed E-state index contributed by atoms with van der Waals surface area (Å²) in [5, 5.41) is 10.7. The second-order valence-corrected chi connectivity index (χ2v) is 6.55. The zero-order valence-corrected chi connectivity index (χ0v) is 14.0. The average molecular weight is 321 g/mol. The summed E-state index contributed by atoms with van der Waals surface area (Å²) < 4.78 is 0. The molecule has 0 bridgehead atoms. The first-order valence-corrected chi connectivity index (χ1v) is 8.69. The summed E-state index contributed by atoms with van der Waals surface area (Å²) in [6.07, 6.45) is 6.77. The van der Waals surface area contributed by atoms with Crippen molar-refractivity contribution in [2.75, 3.05) is 13.1 Å². The van der Waals surface area contributed by atoms with Crippen LogP contribution in [0.15, 0.2) is 36.7 Å². The lowest BCUT2D eigenvalue weighted by molar-refractivity contribution is 0.448. The number of nitrogens with zero attached hydrogens (tertiary/aromatic N) is 2. The molecule has 3 N–H and O–H groups in total. The van der Waals surface area contributed by atoms with Crippen molar-refractivity contribution >= 4 is 0 Å². The third-order valence-electron chi connectivity index (χ3n) is 4.71. The van der Waals surface area contributed by atoms with Gasteiger partial charge in [0.25, 0.3) is 0 Å². The van der Waals surface area contributed by atoms with Gasteiger partial charge in [0, 0.05) is 37.3 Å². The number of benzene rings is 1. The van der Waals surface area contributed by atoms with Crippen LogP contribution in [0.3, 0.4) is 0 Å². The van der Waals surface area contributed by atoms with Crippen molar-refractivity contribution in [2.45, 2.75) is 32.1 Å². The molecule has 0 radical (unpaired) electrons. The van der Waals surface area contributed by atoms with Gasteiger partial charge in [-0.25, -0.2) is 4.98 Å². The van der Waals surface area contributed by atoms with Gasteiger partial charge in [-0.1, -0.05) is 37.6 Å². The van der Waals surface area contributed by atoms with Crippen molar-refractivity contribution in [3.63, 3.8) is 0 Å². The summed E-state index contributed by atoms with van der Waals surface area (Å²) in [6, 6.07) is 8.89. The first-order chi connectivity index (χ1) is 11.8. The molecular weight excluding hydrogens is 298 g/mol. The molecule has 1 aliphatic heterocycles. The fourth-order valence-electron chi connectivity index (χ4n) is 3.23. The molecule has 1 aliphatic rings. The van der Waals surface area contributed by atoms with Crippen LogP contribution in [0.4, 0.5) is 0 Å². The summed E-state index contributed by atoms with van der Waals surface area (Å²) in [5.74, 6) is 1.56. The zero-order chi connectivity index (χ0) is 16.4. The lowest BCUT2D eigenvalue weighted by Crippen LogP contribution is -2.39. The number of hydrogen-bond donors (Lipinski definition) is 3. The van der Waals surface area contributed by atoms with Gasteiger partial charge in [-0.05, 0) is 17.5 Å². The molecule has 0 atom stereocenters. The SMILES string of the molecule is CCCc1cnc(-c2cn[nH]c2Cc2cccc(C3CNC3)c2)[nH]1. The topological polar surface area (TPSA) is 69.4 Å². The predicted molar refractivity (Wildman–Crippen MR) is 95.0 cm³/mol. The Morgan fingerprint density at radius 1 is 1.21 bits per heavy atom. The third kappa shape index (κ3) is 2.99. The largest absolute Gasteiger partial charge is 0.342 e. The Kier molecular flexibility index (Phi) is 4.17. The lowest BCUT2D eigenvalue weighted by Gasteiger charge is -2.27. The van der Waals surface area contributed by atoms with Crippen LogP contribution in [0.1, 0.15) is 41.8 Å². The van der Waals surface area contributed by atoms with Gasteiger partial charge in [0.15, 0.2) is 0 Å². The van der Waals surface area contributed by atoms with Gasteiger partial charge >= 0.3 is 0 Å². The number of aryl methyl sites for hydroxylation is 1. The molecule has 0 unspecified atom stereocenters. The van der Waals surface area contributed by atoms with Crippen molar-refractivity contribution in [2.24, 2.45) is 0 Å². The van der Waals surface area contributed by atoms with Crippen molar-refractivity contribution in [3.05, 3.63) is 59.2 Å². The molecule has 1 aromatic carbocycles. The monoisotopic (exact) mass is 321 g/mol. The summed E-state index contributed by atoms with van der Waals surface area (Å²) in [5.41, 5.74) is 6.09. The summed E-state index contributed by atoms with van der Waals surface area (Å²) in [6.45, 7) is 4.35. The van der Waals surface area contributed by atoms with Crippen molar-refractivity contribution in [1.82, 2.24) is 25.5 Å². The number of aromatic nitrogens is 4. The van der Waals surface area contributed by atoms with E-state index in [9.17, 15) is 0 Å². The molecular formula is C19H23N5. The van der Waals surface area contributed by atoms with Crippen LogP contribution in [0.25, 0.3) is 11.4 Å². The molecule has 0 spiro atoms. The van der Waals surface area contributed by atoms with E-state index in [1.807, 2.05) is 12.4 Å². The summed E-state index contributed by atoms with van der Waals surface area (Å²) in [4.78, 5) is 7.94. The molecule has 2 aromatic heterocycles. The van der Waals surface area contributed by atoms with E-state index in [-0.39, 0.29) is 0 Å². The number of H-pyrrole nitrogens is 2. The Hall–Kier alpha value is -2.40. The first kappa shape index (κ1) is 15.1. The molecule has 0 aliphatic carbocycles. The normalized spacial score (nSPS) is 14.7. The Morgan fingerprint density at radius 2 is 2.12 bits per heavy atom. The second-order valence-electron chi connectivity index (χ2n) is 6.55. The van der Waals surface area contributed by atoms with Crippen molar-refractivity contribution < 1.29 is 0 Å². The minimum Gasteiger partial charge on any atom is -0.342 e. The zero-order valence-electron chi connectivity index (χ0n) is 14.0. The van der Waals surface area contributed by atoms with E-state index in [0.717, 1.165) is 49.4 Å². The van der Waals surface area contributed by atoms with E-state index in [1.165, 1.54) is 16.8 Å². The Labute approximate surface area is 141 Å². The van der Waals surface area contributed by atoms with E-state index in [4.69, 9.17) is 0 Å². The quantitative estimate of drug-likeness (QED) is 0.653. The maximum Gasteiger partial charge on any atom is 0.140 e. The Morgan fingerprint density at radius 3 is 2.92 bits per heavy atom. The number of aromatic amines is 2. The molecule has 1 fully saturated rings. The van der Waals surface area contributed by atoms with Crippen LogP contribution in [-0.2, 0) is 12.8 Å². The molecule has 4 rings (SSSR count). The van der Waals surface area contributed by atoms with Gasteiger partial charge in [-0.2, -0.15) is 5.10 Å². The molecule has 5 nitrogen and oxygen atoms in total. The van der Waals surface area contributed by atoms with E-state index in [2.05, 4.69) is 56.7 Å². The van der Waals surface area contributed by atoms with Crippen LogP contribution in [0.5, 0.6) is 0 Å². The molecule has 3 heterocycles. The van der Waals surface area contributed by atoms with Gasteiger partial charge in [-0.3, -0.25) is 5.10 Å². The van der Waals surface area contributed by atoms with Gasteiger partial charge in [0.1, 0.15) is 5.82 Å². The van der Waals surface area contributed by atoms with Gasteiger partial charge in [0.2, 0.25) is 0 Å². The lowest BCUT2D eigenvalue weighted by atomic mass is 9.91. The van der Waals surface area contributed by atoms with Gasteiger partial charge in [0.05, 0.1) is 17.5 Å². The Bertz CT molecular complexity index is 813. The smallest absolute Gasteiger partial charge is 0.140 e.